The van der Waals surface area contributed by atoms with Gasteiger partial charge in [-0.15, -0.1) is 0 Å². The quantitative estimate of drug-likeness (QED) is 0.339. The molecule has 4 aromatic rings. The Bertz CT molecular complexity index is 1370. The first-order valence-corrected chi connectivity index (χ1v) is 12.2. The number of hydrogen-bond acceptors (Lipinski definition) is 4. The molecular weight excluding hydrogens is 434 g/mol. The third-order valence-electron chi connectivity index (χ3n) is 7.15. The highest BCUT2D eigenvalue weighted by Crippen LogP contribution is 2.41. The molecular formula is C31H31NO3. The highest BCUT2D eigenvalue weighted by atomic mass is 16.5. The van der Waals surface area contributed by atoms with Gasteiger partial charge in [-0.3, -0.25) is 0 Å². The summed E-state index contributed by atoms with van der Waals surface area (Å²) < 4.78 is 11.5. The molecule has 1 aliphatic heterocycles. The Hall–Kier alpha value is -3.63. The number of benzene rings is 4. The van der Waals surface area contributed by atoms with Crippen molar-refractivity contribution in [2.45, 2.75) is 38.8 Å². The average Bonchev–Trinajstić information content (AvgIpc) is 2.89. The van der Waals surface area contributed by atoms with Crippen molar-refractivity contribution in [2.24, 2.45) is 0 Å². The number of aryl methyl sites for hydroxylation is 1. The molecule has 0 bridgehead atoms. The van der Waals surface area contributed by atoms with Gasteiger partial charge in [0.15, 0.2) is 0 Å². The Labute approximate surface area is 206 Å². The number of rotatable bonds is 6. The van der Waals surface area contributed by atoms with E-state index in [0.29, 0.717) is 5.56 Å². The van der Waals surface area contributed by atoms with Gasteiger partial charge in [0.05, 0.1) is 12.7 Å². The van der Waals surface area contributed by atoms with E-state index in [0.717, 1.165) is 47.5 Å². The topological polar surface area (TPSA) is 47.6 Å². The van der Waals surface area contributed by atoms with Gasteiger partial charge in [-0.25, -0.2) is 4.79 Å². The summed E-state index contributed by atoms with van der Waals surface area (Å²) in [5.41, 5.74) is 6.27. The van der Waals surface area contributed by atoms with Crippen LogP contribution >= 0.6 is 0 Å². The minimum atomic E-state index is -0.291. The fraction of sp³-hybridized carbons (Fsp3) is 0.258. The van der Waals surface area contributed by atoms with E-state index in [-0.39, 0.29) is 18.0 Å². The van der Waals surface area contributed by atoms with E-state index in [1.54, 1.807) is 0 Å². The summed E-state index contributed by atoms with van der Waals surface area (Å²) in [6.45, 7) is 5.55. The molecule has 0 fully saturated rings. The van der Waals surface area contributed by atoms with Crippen LogP contribution in [0.5, 0.6) is 5.75 Å². The van der Waals surface area contributed by atoms with Crippen LogP contribution in [0, 0.1) is 13.8 Å². The molecule has 0 radical (unpaired) electrons. The molecule has 1 aliphatic rings. The number of esters is 1. The molecule has 4 nitrogen and oxygen atoms in total. The smallest absolute Gasteiger partial charge is 0.338 e. The lowest BCUT2D eigenvalue weighted by molar-refractivity contribution is 0.0599. The Morgan fingerprint density at radius 3 is 2.63 bits per heavy atom. The third-order valence-corrected chi connectivity index (χ3v) is 7.15. The molecule has 4 heteroatoms. The molecule has 0 amide bonds. The number of hydrogen-bond donors (Lipinski definition) is 1. The molecule has 5 rings (SSSR count). The number of methoxy groups -OCH3 is 1. The third kappa shape index (κ3) is 4.67. The van der Waals surface area contributed by atoms with E-state index >= 15 is 0 Å². The monoisotopic (exact) mass is 465 g/mol. The molecule has 1 N–H and O–H groups in total. The van der Waals surface area contributed by atoms with Crippen LogP contribution in [0.3, 0.4) is 0 Å². The summed E-state index contributed by atoms with van der Waals surface area (Å²) in [5, 5.41) is 6.16. The summed E-state index contributed by atoms with van der Waals surface area (Å²) in [5.74, 6) is 0.770. The first-order chi connectivity index (χ1) is 17.0. The van der Waals surface area contributed by atoms with Gasteiger partial charge in [0.2, 0.25) is 0 Å². The lowest BCUT2D eigenvalue weighted by Crippen LogP contribution is -2.35. The van der Waals surface area contributed by atoms with Crippen molar-refractivity contribution in [3.8, 4) is 5.75 Å². The largest absolute Gasteiger partial charge is 0.489 e. The van der Waals surface area contributed by atoms with E-state index in [2.05, 4.69) is 72.9 Å². The van der Waals surface area contributed by atoms with Crippen molar-refractivity contribution >= 4 is 16.7 Å². The minimum absolute atomic E-state index is 0.0214. The van der Waals surface area contributed by atoms with Crippen LogP contribution in [0.15, 0.2) is 78.9 Å². The number of carbonyl (C=O) groups excluding carboxylic acids is 1. The fourth-order valence-corrected chi connectivity index (χ4v) is 5.16. The maximum absolute atomic E-state index is 12.4. The predicted molar refractivity (Wildman–Crippen MR) is 140 cm³/mol. The van der Waals surface area contributed by atoms with Crippen LogP contribution in [-0.4, -0.2) is 25.7 Å². The molecule has 0 saturated carbocycles. The first-order valence-electron chi connectivity index (χ1n) is 12.2. The predicted octanol–water partition coefficient (Wildman–Crippen LogP) is 6.32. The molecule has 2 unspecified atom stereocenters. The number of para-hydroxylation sites is 1. The average molecular weight is 466 g/mol. The van der Waals surface area contributed by atoms with E-state index < -0.39 is 0 Å². The standard InChI is InChI=1S/C31H31NO3/c1-20-15-24(16-28(21(20)2)31(33)34-3)29-17-25(35-30-14-7-6-13-27(29)30)19-32-18-23-11-8-10-22-9-4-5-12-26(22)23/h4-16,25,29,32H,17-19H2,1-3H3. The van der Waals surface area contributed by atoms with Gasteiger partial charge < -0.3 is 14.8 Å². The van der Waals surface area contributed by atoms with Crippen LogP contribution in [0.25, 0.3) is 10.8 Å². The first kappa shape index (κ1) is 23.1. The number of nitrogens with one attached hydrogen (secondary N) is 1. The second-order valence-corrected chi connectivity index (χ2v) is 9.34. The maximum Gasteiger partial charge on any atom is 0.338 e. The summed E-state index contributed by atoms with van der Waals surface area (Å²) in [7, 11) is 1.44. The van der Waals surface area contributed by atoms with Crippen LogP contribution in [0.2, 0.25) is 0 Å². The van der Waals surface area contributed by atoms with Crippen LogP contribution in [-0.2, 0) is 11.3 Å². The number of fused-ring (bicyclic) bond motifs is 2. The molecule has 178 valence electrons. The summed E-state index contributed by atoms with van der Waals surface area (Å²) in [4.78, 5) is 12.4. The zero-order chi connectivity index (χ0) is 24.4. The summed E-state index contributed by atoms with van der Waals surface area (Å²) in [6.07, 6.45) is 0.857. The van der Waals surface area contributed by atoms with Crippen molar-refractivity contribution in [3.05, 3.63) is 112 Å². The molecule has 0 saturated heterocycles. The van der Waals surface area contributed by atoms with Gasteiger partial charge in [0.25, 0.3) is 0 Å². The molecule has 0 spiro atoms. The van der Waals surface area contributed by atoms with Crippen LogP contribution in [0.4, 0.5) is 0 Å². The molecule has 0 aliphatic carbocycles. The van der Waals surface area contributed by atoms with Gasteiger partial charge in [0.1, 0.15) is 11.9 Å². The van der Waals surface area contributed by atoms with Gasteiger partial charge in [-0.1, -0.05) is 66.7 Å². The second kappa shape index (κ2) is 9.93. The Kier molecular flexibility index (Phi) is 6.56. The van der Waals surface area contributed by atoms with Crippen LogP contribution < -0.4 is 10.1 Å². The van der Waals surface area contributed by atoms with Crippen LogP contribution in [0.1, 0.15) is 50.5 Å². The zero-order valence-corrected chi connectivity index (χ0v) is 20.5. The Morgan fingerprint density at radius 2 is 1.77 bits per heavy atom. The number of carbonyl (C=O) groups is 1. The summed E-state index contributed by atoms with van der Waals surface area (Å²) >= 11 is 0. The minimum Gasteiger partial charge on any atom is -0.489 e. The normalized spacial score (nSPS) is 17.0. The lowest BCUT2D eigenvalue weighted by atomic mass is 9.82. The maximum atomic E-state index is 12.4. The Balaban J connectivity index is 1.39. The van der Waals surface area contributed by atoms with Crippen molar-refractivity contribution in [2.75, 3.05) is 13.7 Å². The molecule has 0 aromatic heterocycles. The van der Waals surface area contributed by atoms with Crippen molar-refractivity contribution in [1.29, 1.82) is 0 Å². The van der Waals surface area contributed by atoms with E-state index in [4.69, 9.17) is 9.47 Å². The zero-order valence-electron chi connectivity index (χ0n) is 20.5. The highest BCUT2D eigenvalue weighted by Gasteiger charge is 2.30. The molecule has 4 aromatic carbocycles. The molecule has 2 atom stereocenters. The summed E-state index contributed by atoms with van der Waals surface area (Å²) in [6, 6.07) is 27.4. The molecule has 1 heterocycles. The van der Waals surface area contributed by atoms with Crippen molar-refractivity contribution < 1.29 is 14.3 Å². The Morgan fingerprint density at radius 1 is 1.00 bits per heavy atom. The van der Waals surface area contributed by atoms with E-state index in [9.17, 15) is 4.79 Å². The SMILES string of the molecule is COC(=O)c1cc(C2CC(CNCc3cccc4ccccc34)Oc3ccccc32)cc(C)c1C. The van der Waals surface area contributed by atoms with E-state index in [1.165, 1.54) is 23.4 Å². The molecule has 35 heavy (non-hydrogen) atoms. The van der Waals surface area contributed by atoms with Gasteiger partial charge in [0, 0.05) is 24.6 Å². The number of ether oxygens (including phenoxy) is 2. The van der Waals surface area contributed by atoms with Crippen molar-refractivity contribution in [1.82, 2.24) is 5.32 Å². The highest BCUT2D eigenvalue weighted by molar-refractivity contribution is 5.91. The van der Waals surface area contributed by atoms with E-state index in [1.807, 2.05) is 25.1 Å². The second-order valence-electron chi connectivity index (χ2n) is 9.34. The fourth-order valence-electron chi connectivity index (χ4n) is 5.16. The van der Waals surface area contributed by atoms with Gasteiger partial charge in [-0.2, -0.15) is 0 Å². The van der Waals surface area contributed by atoms with Gasteiger partial charge >= 0.3 is 5.97 Å². The van der Waals surface area contributed by atoms with Crippen molar-refractivity contribution in [3.63, 3.8) is 0 Å². The lowest BCUT2D eigenvalue weighted by Gasteiger charge is -2.33. The van der Waals surface area contributed by atoms with Gasteiger partial charge in [-0.05, 0) is 65.4 Å².